The van der Waals surface area contributed by atoms with Crippen LogP contribution >= 0.6 is 0 Å². The fourth-order valence-corrected chi connectivity index (χ4v) is 1.29. The van der Waals surface area contributed by atoms with Gasteiger partial charge in [0.05, 0.1) is 6.61 Å². The molecule has 0 amide bonds. The number of ether oxygens (including phenoxy) is 1. The van der Waals surface area contributed by atoms with E-state index in [4.69, 9.17) is 5.73 Å². The molecule has 0 spiro atoms. The van der Waals surface area contributed by atoms with Crippen molar-refractivity contribution >= 4 is 0 Å². The van der Waals surface area contributed by atoms with Gasteiger partial charge in [-0.05, 0) is 24.1 Å². The SMILES string of the molecule is NC(COCC(F)(F)C(F)F)Cc1ccncc1. The summed E-state index contributed by atoms with van der Waals surface area (Å²) in [5.41, 5.74) is 6.51. The van der Waals surface area contributed by atoms with Gasteiger partial charge >= 0.3 is 12.3 Å². The fourth-order valence-electron chi connectivity index (χ4n) is 1.29. The molecule has 1 heterocycles. The number of alkyl halides is 4. The van der Waals surface area contributed by atoms with Gasteiger partial charge in [0.25, 0.3) is 0 Å². The summed E-state index contributed by atoms with van der Waals surface area (Å²) in [4.78, 5) is 3.81. The molecule has 2 N–H and O–H groups in total. The third kappa shape index (κ3) is 4.97. The number of nitrogens with zero attached hydrogens (tertiary/aromatic N) is 1. The minimum Gasteiger partial charge on any atom is -0.373 e. The van der Waals surface area contributed by atoms with Crippen molar-refractivity contribution in [1.29, 1.82) is 0 Å². The Kier molecular flexibility index (Phi) is 5.49. The van der Waals surface area contributed by atoms with Gasteiger partial charge in [-0.3, -0.25) is 4.98 Å². The zero-order chi connectivity index (χ0) is 13.6. The highest BCUT2D eigenvalue weighted by molar-refractivity contribution is 5.11. The molecule has 0 aliphatic carbocycles. The number of aromatic nitrogens is 1. The van der Waals surface area contributed by atoms with E-state index in [1.807, 2.05) is 0 Å². The van der Waals surface area contributed by atoms with E-state index in [-0.39, 0.29) is 6.61 Å². The average Bonchev–Trinajstić information content (AvgIpc) is 2.29. The van der Waals surface area contributed by atoms with Crippen molar-refractivity contribution in [2.75, 3.05) is 13.2 Å². The number of halogens is 4. The Balaban J connectivity index is 2.28. The van der Waals surface area contributed by atoms with Crippen molar-refractivity contribution in [3.8, 4) is 0 Å². The van der Waals surface area contributed by atoms with Crippen LogP contribution in [0.5, 0.6) is 0 Å². The van der Waals surface area contributed by atoms with Crippen LogP contribution in [-0.2, 0) is 11.2 Å². The third-order valence-corrected chi connectivity index (χ3v) is 2.19. The molecule has 102 valence electrons. The van der Waals surface area contributed by atoms with Crippen LogP contribution in [-0.4, -0.2) is 36.6 Å². The van der Waals surface area contributed by atoms with Crippen LogP contribution < -0.4 is 5.73 Å². The number of hydrogen-bond acceptors (Lipinski definition) is 3. The average molecular weight is 266 g/mol. The lowest BCUT2D eigenvalue weighted by molar-refractivity contribution is -0.166. The molecule has 1 aromatic rings. The highest BCUT2D eigenvalue weighted by Crippen LogP contribution is 2.22. The second-order valence-corrected chi connectivity index (χ2v) is 3.90. The van der Waals surface area contributed by atoms with Crippen LogP contribution in [0.1, 0.15) is 5.56 Å². The maximum atomic E-state index is 12.5. The summed E-state index contributed by atoms with van der Waals surface area (Å²) in [6, 6.07) is 2.93. The molecule has 18 heavy (non-hydrogen) atoms. The van der Waals surface area contributed by atoms with Crippen molar-refractivity contribution in [2.45, 2.75) is 24.8 Å². The standard InChI is InChI=1S/C11H14F4N2O/c12-10(13)11(14,15)7-18-6-9(16)5-8-1-3-17-4-2-8/h1-4,9-10H,5-7,16H2. The van der Waals surface area contributed by atoms with E-state index in [1.165, 1.54) is 0 Å². The number of rotatable bonds is 7. The smallest absolute Gasteiger partial charge is 0.330 e. The highest BCUT2D eigenvalue weighted by atomic mass is 19.3. The summed E-state index contributed by atoms with van der Waals surface area (Å²) in [5, 5.41) is 0. The molecule has 0 aromatic carbocycles. The first-order valence-corrected chi connectivity index (χ1v) is 5.30. The topological polar surface area (TPSA) is 48.1 Å². The Morgan fingerprint density at radius 3 is 2.44 bits per heavy atom. The molecular formula is C11H14F4N2O. The van der Waals surface area contributed by atoms with Crippen molar-refractivity contribution in [1.82, 2.24) is 4.98 Å². The van der Waals surface area contributed by atoms with Gasteiger partial charge in [0.15, 0.2) is 0 Å². The van der Waals surface area contributed by atoms with E-state index in [9.17, 15) is 17.6 Å². The zero-order valence-electron chi connectivity index (χ0n) is 9.53. The second-order valence-electron chi connectivity index (χ2n) is 3.90. The summed E-state index contributed by atoms with van der Waals surface area (Å²) in [6.45, 7) is -1.53. The first kappa shape index (κ1) is 14.8. The molecule has 0 bridgehead atoms. The van der Waals surface area contributed by atoms with Crippen molar-refractivity contribution < 1.29 is 22.3 Å². The Labute approximate surface area is 102 Å². The van der Waals surface area contributed by atoms with E-state index < -0.39 is 25.0 Å². The van der Waals surface area contributed by atoms with Crippen molar-refractivity contribution in [2.24, 2.45) is 5.73 Å². The van der Waals surface area contributed by atoms with Gasteiger partial charge in [-0.25, -0.2) is 8.78 Å². The molecule has 1 aromatic heterocycles. The molecule has 3 nitrogen and oxygen atoms in total. The van der Waals surface area contributed by atoms with Crippen molar-refractivity contribution in [3.05, 3.63) is 30.1 Å². The van der Waals surface area contributed by atoms with Crippen LogP contribution in [0.15, 0.2) is 24.5 Å². The molecule has 0 saturated heterocycles. The van der Waals surface area contributed by atoms with Crippen LogP contribution in [0, 0.1) is 0 Å². The van der Waals surface area contributed by atoms with Gasteiger partial charge < -0.3 is 10.5 Å². The summed E-state index contributed by atoms with van der Waals surface area (Å²) in [7, 11) is 0. The number of hydrogen-bond donors (Lipinski definition) is 1. The lowest BCUT2D eigenvalue weighted by Gasteiger charge is -2.17. The number of nitrogens with two attached hydrogens (primary N) is 1. The quantitative estimate of drug-likeness (QED) is 0.766. The Morgan fingerprint density at radius 2 is 1.89 bits per heavy atom. The van der Waals surface area contributed by atoms with E-state index in [0.717, 1.165) is 5.56 Å². The summed E-state index contributed by atoms with van der Waals surface area (Å²) >= 11 is 0. The monoisotopic (exact) mass is 266 g/mol. The minimum absolute atomic E-state index is 0.204. The normalized spacial score (nSPS) is 13.9. The predicted molar refractivity (Wildman–Crippen MR) is 57.7 cm³/mol. The summed E-state index contributed by atoms with van der Waals surface area (Å²) in [5.74, 6) is -4.13. The summed E-state index contributed by atoms with van der Waals surface area (Å²) < 4.78 is 53.2. The lowest BCUT2D eigenvalue weighted by Crippen LogP contribution is -2.36. The van der Waals surface area contributed by atoms with Crippen LogP contribution in [0.25, 0.3) is 0 Å². The van der Waals surface area contributed by atoms with Gasteiger partial charge in [0.1, 0.15) is 6.61 Å². The van der Waals surface area contributed by atoms with Gasteiger partial charge in [-0.2, -0.15) is 8.78 Å². The minimum atomic E-state index is -4.13. The molecular weight excluding hydrogens is 252 g/mol. The van der Waals surface area contributed by atoms with Crippen LogP contribution in [0.2, 0.25) is 0 Å². The van der Waals surface area contributed by atoms with E-state index >= 15 is 0 Å². The molecule has 0 fully saturated rings. The second kappa shape index (κ2) is 6.65. The Bertz CT molecular complexity index is 348. The van der Waals surface area contributed by atoms with E-state index in [0.29, 0.717) is 6.42 Å². The molecule has 0 aliphatic heterocycles. The first-order chi connectivity index (χ1) is 8.42. The first-order valence-electron chi connectivity index (χ1n) is 5.30. The third-order valence-electron chi connectivity index (χ3n) is 2.19. The molecule has 0 aliphatic rings. The maximum absolute atomic E-state index is 12.5. The Hall–Kier alpha value is -1.21. The molecule has 1 rings (SSSR count). The lowest BCUT2D eigenvalue weighted by atomic mass is 10.1. The molecule has 1 unspecified atom stereocenters. The molecule has 0 saturated carbocycles. The Morgan fingerprint density at radius 1 is 1.28 bits per heavy atom. The summed E-state index contributed by atoms with van der Waals surface area (Å²) in [6.07, 6.45) is -0.168. The molecule has 7 heteroatoms. The largest absolute Gasteiger partial charge is 0.373 e. The van der Waals surface area contributed by atoms with Crippen LogP contribution in [0.4, 0.5) is 17.6 Å². The molecule has 1 atom stereocenters. The van der Waals surface area contributed by atoms with E-state index in [2.05, 4.69) is 9.72 Å². The van der Waals surface area contributed by atoms with E-state index in [1.54, 1.807) is 24.5 Å². The van der Waals surface area contributed by atoms with Crippen LogP contribution in [0.3, 0.4) is 0 Å². The fraction of sp³-hybridized carbons (Fsp3) is 0.545. The van der Waals surface area contributed by atoms with Gasteiger partial charge in [0, 0.05) is 18.4 Å². The molecule has 0 radical (unpaired) electrons. The highest BCUT2D eigenvalue weighted by Gasteiger charge is 2.40. The van der Waals surface area contributed by atoms with Gasteiger partial charge in [0.2, 0.25) is 0 Å². The van der Waals surface area contributed by atoms with Gasteiger partial charge in [-0.15, -0.1) is 0 Å². The maximum Gasteiger partial charge on any atom is 0.330 e. The predicted octanol–water partition coefficient (Wildman–Crippen LogP) is 1.87. The van der Waals surface area contributed by atoms with Gasteiger partial charge in [-0.1, -0.05) is 0 Å². The number of pyridine rings is 1. The zero-order valence-corrected chi connectivity index (χ0v) is 9.53. The van der Waals surface area contributed by atoms with Crippen molar-refractivity contribution in [3.63, 3.8) is 0 Å².